The van der Waals surface area contributed by atoms with E-state index in [0.717, 1.165) is 19.0 Å². The number of amides is 1. The predicted molar refractivity (Wildman–Crippen MR) is 76.0 cm³/mol. The third-order valence-electron chi connectivity index (χ3n) is 3.52. The smallest absolute Gasteiger partial charge is 0.285 e. The summed E-state index contributed by atoms with van der Waals surface area (Å²) in [4.78, 5) is 24.5. The van der Waals surface area contributed by atoms with Gasteiger partial charge in [-0.25, -0.2) is 4.39 Å². The fourth-order valence-corrected chi connectivity index (χ4v) is 2.40. The average Bonchev–Trinajstić information content (AvgIpc) is 2.83. The zero-order valence-electron chi connectivity index (χ0n) is 11.9. The molecule has 1 saturated heterocycles. The lowest BCUT2D eigenvalue weighted by atomic mass is 10.1. The Morgan fingerprint density at radius 2 is 2.24 bits per heavy atom. The van der Waals surface area contributed by atoms with Crippen molar-refractivity contribution in [3.8, 4) is 0 Å². The number of hydrogen-bond donors (Lipinski definition) is 2. The maximum Gasteiger partial charge on any atom is 0.285 e. The maximum atomic E-state index is 13.6. The molecule has 1 aliphatic heterocycles. The van der Waals surface area contributed by atoms with Crippen molar-refractivity contribution in [2.45, 2.75) is 12.5 Å². The molecular formula is C13H17FN4O3. The first-order valence-electron chi connectivity index (χ1n) is 6.57. The van der Waals surface area contributed by atoms with E-state index in [1.54, 1.807) is 0 Å². The standard InChI is InChI=1S/C13H17FN4O3/c1-15-11-5-9(12(18(20)21)6-10(11)14)13(19)16-8-3-4-17(2)7-8/h5-6,8,15H,3-4,7H2,1-2H3,(H,16,19). The highest BCUT2D eigenvalue weighted by molar-refractivity contribution is 5.99. The van der Waals surface area contributed by atoms with Crippen LogP contribution in [0.5, 0.6) is 0 Å². The Labute approximate surface area is 121 Å². The van der Waals surface area contributed by atoms with Crippen molar-refractivity contribution >= 4 is 17.3 Å². The van der Waals surface area contributed by atoms with Crippen LogP contribution in [-0.2, 0) is 0 Å². The molecule has 1 unspecified atom stereocenters. The highest BCUT2D eigenvalue weighted by atomic mass is 19.1. The van der Waals surface area contributed by atoms with Gasteiger partial charge >= 0.3 is 0 Å². The molecule has 0 aromatic heterocycles. The van der Waals surface area contributed by atoms with E-state index in [1.165, 1.54) is 13.1 Å². The molecule has 2 rings (SSSR count). The number of likely N-dealkylation sites (N-methyl/N-ethyl adjacent to an activating group) is 1. The molecular weight excluding hydrogens is 279 g/mol. The lowest BCUT2D eigenvalue weighted by Crippen LogP contribution is -2.36. The molecule has 0 spiro atoms. The van der Waals surface area contributed by atoms with Crippen LogP contribution in [0.1, 0.15) is 16.8 Å². The number of carbonyl (C=O) groups is 1. The lowest BCUT2D eigenvalue weighted by Gasteiger charge is -2.13. The molecule has 1 amide bonds. The van der Waals surface area contributed by atoms with Gasteiger partial charge in [-0.3, -0.25) is 14.9 Å². The van der Waals surface area contributed by atoms with E-state index in [2.05, 4.69) is 15.5 Å². The summed E-state index contributed by atoms with van der Waals surface area (Å²) in [5.74, 6) is -1.32. The largest absolute Gasteiger partial charge is 0.386 e. The van der Waals surface area contributed by atoms with Crippen LogP contribution in [-0.4, -0.2) is 49.0 Å². The fourth-order valence-electron chi connectivity index (χ4n) is 2.40. The molecule has 1 aromatic carbocycles. The van der Waals surface area contributed by atoms with E-state index in [9.17, 15) is 19.3 Å². The SMILES string of the molecule is CNc1cc(C(=O)NC2CCN(C)C2)c([N+](=O)[O-])cc1F. The predicted octanol–water partition coefficient (Wildman–Crippen LogP) is 1.21. The minimum absolute atomic E-state index is 0.0503. The third-order valence-corrected chi connectivity index (χ3v) is 3.52. The van der Waals surface area contributed by atoms with Crippen LogP contribution in [0.25, 0.3) is 0 Å². The van der Waals surface area contributed by atoms with Crippen molar-refractivity contribution in [1.29, 1.82) is 0 Å². The van der Waals surface area contributed by atoms with Crippen molar-refractivity contribution in [2.24, 2.45) is 0 Å². The van der Waals surface area contributed by atoms with Crippen LogP contribution in [0.4, 0.5) is 15.8 Å². The van der Waals surface area contributed by atoms with Crippen molar-refractivity contribution in [1.82, 2.24) is 10.2 Å². The molecule has 0 saturated carbocycles. The quantitative estimate of drug-likeness (QED) is 0.644. The Morgan fingerprint density at radius 3 is 2.76 bits per heavy atom. The van der Waals surface area contributed by atoms with Gasteiger partial charge in [0.05, 0.1) is 16.7 Å². The number of nitrogens with zero attached hydrogens (tertiary/aromatic N) is 2. The summed E-state index contributed by atoms with van der Waals surface area (Å²) in [6, 6.07) is 1.88. The molecule has 2 N–H and O–H groups in total. The number of hydrogen-bond acceptors (Lipinski definition) is 5. The second-order valence-electron chi connectivity index (χ2n) is 5.08. The topological polar surface area (TPSA) is 87.5 Å². The van der Waals surface area contributed by atoms with E-state index < -0.39 is 22.3 Å². The number of carbonyl (C=O) groups excluding carboxylic acids is 1. The van der Waals surface area contributed by atoms with Gasteiger partial charge in [0.15, 0.2) is 5.82 Å². The first-order chi connectivity index (χ1) is 9.92. The van der Waals surface area contributed by atoms with Crippen LogP contribution >= 0.6 is 0 Å². The van der Waals surface area contributed by atoms with Crippen molar-refractivity contribution in [3.05, 3.63) is 33.6 Å². The Kier molecular flexibility index (Phi) is 4.37. The highest BCUT2D eigenvalue weighted by Gasteiger charge is 2.27. The minimum atomic E-state index is -0.763. The van der Waals surface area contributed by atoms with Crippen LogP contribution in [0, 0.1) is 15.9 Å². The molecule has 1 atom stereocenters. The molecule has 114 valence electrons. The molecule has 0 bridgehead atoms. The first kappa shape index (κ1) is 15.2. The minimum Gasteiger partial charge on any atom is -0.386 e. The van der Waals surface area contributed by atoms with Gasteiger partial charge in [-0.05, 0) is 26.1 Å². The van der Waals surface area contributed by atoms with Gasteiger partial charge in [0, 0.05) is 19.6 Å². The van der Waals surface area contributed by atoms with Crippen molar-refractivity contribution in [3.63, 3.8) is 0 Å². The van der Waals surface area contributed by atoms with Crippen molar-refractivity contribution in [2.75, 3.05) is 32.5 Å². The number of likely N-dealkylation sites (tertiary alicyclic amines) is 1. The first-order valence-corrected chi connectivity index (χ1v) is 6.57. The van der Waals surface area contributed by atoms with E-state index in [0.29, 0.717) is 6.54 Å². The normalized spacial score (nSPS) is 18.5. The molecule has 7 nitrogen and oxygen atoms in total. The molecule has 8 heteroatoms. The van der Waals surface area contributed by atoms with Crippen molar-refractivity contribution < 1.29 is 14.1 Å². The second kappa shape index (κ2) is 6.04. The van der Waals surface area contributed by atoms with Gasteiger partial charge in [-0.2, -0.15) is 0 Å². The summed E-state index contributed by atoms with van der Waals surface area (Å²) in [5, 5.41) is 16.3. The lowest BCUT2D eigenvalue weighted by molar-refractivity contribution is -0.385. The number of rotatable bonds is 4. The molecule has 1 aliphatic rings. The maximum absolute atomic E-state index is 13.6. The second-order valence-corrected chi connectivity index (χ2v) is 5.08. The van der Waals surface area contributed by atoms with Gasteiger partial charge in [0.25, 0.3) is 11.6 Å². The molecule has 21 heavy (non-hydrogen) atoms. The molecule has 1 heterocycles. The van der Waals surface area contributed by atoms with Crippen LogP contribution < -0.4 is 10.6 Å². The Balaban J connectivity index is 2.28. The summed E-state index contributed by atoms with van der Waals surface area (Å²) >= 11 is 0. The number of anilines is 1. The van der Waals surface area contributed by atoms with Gasteiger partial charge in [-0.15, -0.1) is 0 Å². The van der Waals surface area contributed by atoms with Crippen LogP contribution in [0.15, 0.2) is 12.1 Å². The molecule has 0 radical (unpaired) electrons. The van der Waals surface area contributed by atoms with E-state index in [4.69, 9.17) is 0 Å². The Morgan fingerprint density at radius 1 is 1.52 bits per heavy atom. The fraction of sp³-hybridized carbons (Fsp3) is 0.462. The third kappa shape index (κ3) is 3.27. The number of halogens is 1. The Bertz CT molecular complexity index is 579. The van der Waals surface area contributed by atoms with Crippen LogP contribution in [0.3, 0.4) is 0 Å². The Hall–Kier alpha value is -2.22. The van der Waals surface area contributed by atoms with Gasteiger partial charge in [0.2, 0.25) is 0 Å². The summed E-state index contributed by atoms with van der Waals surface area (Å²) < 4.78 is 13.6. The summed E-state index contributed by atoms with van der Waals surface area (Å²) in [6.07, 6.45) is 0.788. The number of nitrogens with one attached hydrogen (secondary N) is 2. The van der Waals surface area contributed by atoms with Gasteiger partial charge < -0.3 is 15.5 Å². The highest BCUT2D eigenvalue weighted by Crippen LogP contribution is 2.26. The van der Waals surface area contributed by atoms with Gasteiger partial charge in [0.1, 0.15) is 5.56 Å². The average molecular weight is 296 g/mol. The van der Waals surface area contributed by atoms with E-state index in [-0.39, 0.29) is 17.3 Å². The number of nitro benzene ring substituents is 1. The molecule has 1 fully saturated rings. The van der Waals surface area contributed by atoms with Crippen LogP contribution in [0.2, 0.25) is 0 Å². The van der Waals surface area contributed by atoms with Gasteiger partial charge in [-0.1, -0.05) is 0 Å². The number of benzene rings is 1. The molecule has 0 aliphatic carbocycles. The molecule has 1 aromatic rings. The zero-order chi connectivity index (χ0) is 15.6. The zero-order valence-corrected chi connectivity index (χ0v) is 11.9. The summed E-state index contributed by atoms with van der Waals surface area (Å²) in [7, 11) is 3.42. The number of nitro groups is 1. The monoisotopic (exact) mass is 296 g/mol. The van der Waals surface area contributed by atoms with E-state index >= 15 is 0 Å². The van der Waals surface area contributed by atoms with E-state index in [1.807, 2.05) is 7.05 Å². The summed E-state index contributed by atoms with van der Waals surface area (Å²) in [5.41, 5.74) is -0.620. The summed E-state index contributed by atoms with van der Waals surface area (Å²) in [6.45, 7) is 1.55.